The molecule has 2 aliphatic heterocycles. The minimum Gasteiger partial charge on any atom is -0.481 e. The molecular weight excluding hydrogens is 220 g/mol. The number of carboxylic acids is 1. The predicted molar refractivity (Wildman–Crippen MR) is 62.7 cm³/mol. The zero-order chi connectivity index (χ0) is 12.4. The lowest BCUT2D eigenvalue weighted by atomic mass is 10.0. The second kappa shape index (κ2) is 4.94. The van der Waals surface area contributed by atoms with Crippen LogP contribution in [0.25, 0.3) is 0 Å². The van der Waals surface area contributed by atoms with Gasteiger partial charge in [0.25, 0.3) is 0 Å². The van der Waals surface area contributed by atoms with E-state index < -0.39 is 5.97 Å². The highest BCUT2D eigenvalue weighted by Crippen LogP contribution is 2.22. The van der Waals surface area contributed by atoms with Crippen molar-refractivity contribution in [2.75, 3.05) is 19.6 Å². The van der Waals surface area contributed by atoms with E-state index in [0.29, 0.717) is 25.6 Å². The molecule has 2 heterocycles. The normalized spacial score (nSPS) is 29.5. The molecule has 0 aromatic carbocycles. The van der Waals surface area contributed by atoms with Gasteiger partial charge in [0.1, 0.15) is 0 Å². The van der Waals surface area contributed by atoms with Gasteiger partial charge in [-0.1, -0.05) is 0 Å². The summed E-state index contributed by atoms with van der Waals surface area (Å²) in [5.41, 5.74) is 0. The number of urea groups is 1. The van der Waals surface area contributed by atoms with E-state index in [1.165, 1.54) is 6.42 Å². The molecule has 2 fully saturated rings. The van der Waals surface area contributed by atoms with Crippen molar-refractivity contribution in [3.8, 4) is 0 Å². The lowest BCUT2D eigenvalue weighted by Gasteiger charge is -2.36. The molecule has 2 amide bonds. The van der Waals surface area contributed by atoms with Crippen LogP contribution in [-0.4, -0.2) is 52.6 Å². The number of nitrogens with zero attached hydrogens (tertiary/aromatic N) is 2. The van der Waals surface area contributed by atoms with Crippen LogP contribution in [0.5, 0.6) is 0 Å². The third-order valence-corrected chi connectivity index (χ3v) is 3.86. The van der Waals surface area contributed by atoms with Gasteiger partial charge in [-0.3, -0.25) is 4.79 Å². The van der Waals surface area contributed by atoms with E-state index >= 15 is 0 Å². The molecule has 2 unspecified atom stereocenters. The lowest BCUT2D eigenvalue weighted by molar-refractivity contribution is -0.141. The summed E-state index contributed by atoms with van der Waals surface area (Å²) in [6.45, 7) is 3.84. The Hall–Kier alpha value is -1.26. The Balaban J connectivity index is 1.94. The number of carboxylic acid groups (broad SMARTS) is 1. The van der Waals surface area contributed by atoms with Gasteiger partial charge in [0.15, 0.2) is 0 Å². The molecule has 0 spiro atoms. The van der Waals surface area contributed by atoms with Crippen LogP contribution < -0.4 is 0 Å². The first-order valence-electron chi connectivity index (χ1n) is 6.38. The summed E-state index contributed by atoms with van der Waals surface area (Å²) in [5.74, 6) is -1.16. The monoisotopic (exact) mass is 240 g/mol. The standard InChI is InChI=1S/C12H20N2O3/c1-9-4-2-3-6-14(9)12(17)13-7-5-10(8-13)11(15)16/h9-10H,2-8H2,1H3,(H,15,16). The lowest BCUT2D eigenvalue weighted by Crippen LogP contribution is -2.48. The molecule has 5 nitrogen and oxygen atoms in total. The molecule has 2 rings (SSSR count). The first kappa shape index (κ1) is 12.2. The highest BCUT2D eigenvalue weighted by Gasteiger charge is 2.34. The Labute approximate surface area is 101 Å². The number of hydrogen-bond acceptors (Lipinski definition) is 2. The minimum atomic E-state index is -0.785. The van der Waals surface area contributed by atoms with Crippen molar-refractivity contribution in [2.45, 2.75) is 38.6 Å². The fourth-order valence-corrected chi connectivity index (χ4v) is 2.70. The Morgan fingerprint density at radius 2 is 1.94 bits per heavy atom. The zero-order valence-corrected chi connectivity index (χ0v) is 10.3. The van der Waals surface area contributed by atoms with Crippen LogP contribution in [0.4, 0.5) is 4.79 Å². The Bertz CT molecular complexity index is 319. The van der Waals surface area contributed by atoms with Gasteiger partial charge in [0.05, 0.1) is 5.92 Å². The smallest absolute Gasteiger partial charge is 0.320 e. The summed E-state index contributed by atoms with van der Waals surface area (Å²) in [6.07, 6.45) is 3.89. The van der Waals surface area contributed by atoms with Gasteiger partial charge < -0.3 is 14.9 Å². The van der Waals surface area contributed by atoms with Crippen LogP contribution in [0.1, 0.15) is 32.6 Å². The average molecular weight is 240 g/mol. The summed E-state index contributed by atoms with van der Waals surface area (Å²) >= 11 is 0. The second-order valence-corrected chi connectivity index (χ2v) is 5.09. The van der Waals surface area contributed by atoms with E-state index in [0.717, 1.165) is 19.4 Å². The maximum atomic E-state index is 12.2. The Morgan fingerprint density at radius 3 is 2.53 bits per heavy atom. The van der Waals surface area contributed by atoms with E-state index in [1.807, 2.05) is 4.90 Å². The second-order valence-electron chi connectivity index (χ2n) is 5.09. The molecule has 5 heteroatoms. The maximum Gasteiger partial charge on any atom is 0.320 e. The average Bonchev–Trinajstić information content (AvgIpc) is 2.78. The Kier molecular flexibility index (Phi) is 3.54. The van der Waals surface area contributed by atoms with Gasteiger partial charge in [-0.2, -0.15) is 0 Å². The summed E-state index contributed by atoms with van der Waals surface area (Å²) in [4.78, 5) is 26.7. The molecule has 0 aromatic heterocycles. The van der Waals surface area contributed by atoms with E-state index in [4.69, 9.17) is 5.11 Å². The molecule has 17 heavy (non-hydrogen) atoms. The summed E-state index contributed by atoms with van der Waals surface area (Å²) in [7, 11) is 0. The van der Waals surface area contributed by atoms with E-state index in [1.54, 1.807) is 4.90 Å². The molecule has 2 aliphatic rings. The fourth-order valence-electron chi connectivity index (χ4n) is 2.70. The van der Waals surface area contributed by atoms with Gasteiger partial charge in [-0.25, -0.2) is 4.79 Å². The third-order valence-electron chi connectivity index (χ3n) is 3.86. The highest BCUT2D eigenvalue weighted by atomic mass is 16.4. The number of aliphatic carboxylic acids is 1. The number of hydrogen-bond donors (Lipinski definition) is 1. The van der Waals surface area contributed by atoms with Crippen molar-refractivity contribution >= 4 is 12.0 Å². The molecule has 1 N–H and O–H groups in total. The molecule has 0 aliphatic carbocycles. The fraction of sp³-hybridized carbons (Fsp3) is 0.833. The van der Waals surface area contributed by atoms with Crippen LogP contribution in [0.2, 0.25) is 0 Å². The number of likely N-dealkylation sites (tertiary alicyclic amines) is 2. The van der Waals surface area contributed by atoms with Gasteiger partial charge in [-0.15, -0.1) is 0 Å². The van der Waals surface area contributed by atoms with E-state index in [-0.39, 0.29) is 11.9 Å². The van der Waals surface area contributed by atoms with Crippen LogP contribution in [0.15, 0.2) is 0 Å². The van der Waals surface area contributed by atoms with Gasteiger partial charge in [-0.05, 0) is 32.6 Å². The van der Waals surface area contributed by atoms with Crippen LogP contribution in [0, 0.1) is 5.92 Å². The molecular formula is C12H20N2O3. The summed E-state index contributed by atoms with van der Waals surface area (Å²) in [5, 5.41) is 8.92. The van der Waals surface area contributed by atoms with Crippen molar-refractivity contribution < 1.29 is 14.7 Å². The first-order chi connectivity index (χ1) is 8.09. The van der Waals surface area contributed by atoms with Crippen molar-refractivity contribution in [1.29, 1.82) is 0 Å². The molecule has 2 atom stereocenters. The SMILES string of the molecule is CC1CCCCN1C(=O)N1CCC(C(=O)O)C1. The number of carbonyl (C=O) groups excluding carboxylic acids is 1. The quantitative estimate of drug-likeness (QED) is 0.753. The minimum absolute atomic E-state index is 0.0287. The zero-order valence-electron chi connectivity index (χ0n) is 10.3. The molecule has 0 aromatic rings. The third kappa shape index (κ3) is 2.53. The first-order valence-corrected chi connectivity index (χ1v) is 6.38. The predicted octanol–water partition coefficient (Wildman–Crippen LogP) is 1.39. The van der Waals surface area contributed by atoms with Crippen LogP contribution in [-0.2, 0) is 4.79 Å². The van der Waals surface area contributed by atoms with Crippen molar-refractivity contribution in [1.82, 2.24) is 9.80 Å². The van der Waals surface area contributed by atoms with Crippen molar-refractivity contribution in [3.05, 3.63) is 0 Å². The number of carbonyl (C=O) groups is 2. The molecule has 2 saturated heterocycles. The van der Waals surface area contributed by atoms with Gasteiger partial charge in [0, 0.05) is 25.7 Å². The summed E-state index contributed by atoms with van der Waals surface area (Å²) < 4.78 is 0. The molecule has 0 saturated carbocycles. The summed E-state index contributed by atoms with van der Waals surface area (Å²) in [6, 6.07) is 0.320. The largest absolute Gasteiger partial charge is 0.481 e. The van der Waals surface area contributed by atoms with Crippen LogP contribution >= 0.6 is 0 Å². The maximum absolute atomic E-state index is 12.2. The molecule has 0 radical (unpaired) electrons. The van der Waals surface area contributed by atoms with Crippen LogP contribution in [0.3, 0.4) is 0 Å². The van der Waals surface area contributed by atoms with E-state index in [2.05, 4.69) is 6.92 Å². The topological polar surface area (TPSA) is 60.9 Å². The highest BCUT2D eigenvalue weighted by molar-refractivity contribution is 5.77. The number of piperidine rings is 1. The molecule has 96 valence electrons. The number of amides is 2. The Morgan fingerprint density at radius 1 is 1.18 bits per heavy atom. The van der Waals surface area contributed by atoms with Gasteiger partial charge in [0.2, 0.25) is 0 Å². The van der Waals surface area contributed by atoms with Crippen molar-refractivity contribution in [3.63, 3.8) is 0 Å². The molecule has 0 bridgehead atoms. The van der Waals surface area contributed by atoms with Gasteiger partial charge >= 0.3 is 12.0 Å². The number of rotatable bonds is 1. The van der Waals surface area contributed by atoms with Crippen molar-refractivity contribution in [2.24, 2.45) is 5.92 Å². The van der Waals surface area contributed by atoms with E-state index in [9.17, 15) is 9.59 Å².